The first-order valence-corrected chi connectivity index (χ1v) is 9.94. The fraction of sp³-hybridized carbons (Fsp3) is 0.737. The van der Waals surface area contributed by atoms with E-state index in [-0.39, 0.29) is 5.92 Å². The van der Waals surface area contributed by atoms with Crippen molar-refractivity contribution in [2.45, 2.75) is 31.7 Å². The number of aromatic nitrogens is 2. The van der Waals surface area contributed by atoms with Gasteiger partial charge in [-0.05, 0) is 38.3 Å². The number of piperidine rings is 2. The molecule has 0 radical (unpaired) electrons. The van der Waals surface area contributed by atoms with Gasteiger partial charge in [-0.15, -0.1) is 0 Å². The highest BCUT2D eigenvalue weighted by Gasteiger charge is 2.34. The molecule has 3 aliphatic heterocycles. The van der Waals surface area contributed by atoms with Gasteiger partial charge in [-0.25, -0.2) is 9.97 Å². The molecule has 7 heteroatoms. The van der Waals surface area contributed by atoms with Crippen LogP contribution in [-0.4, -0.2) is 84.2 Å². The Balaban J connectivity index is 1.30. The molecule has 3 aliphatic rings. The Labute approximate surface area is 155 Å². The molecule has 1 amide bonds. The summed E-state index contributed by atoms with van der Waals surface area (Å²) in [5.41, 5.74) is 0. The monoisotopic (exact) mass is 359 g/mol. The van der Waals surface area contributed by atoms with E-state index in [9.17, 15) is 4.79 Å². The SMILES string of the molecule is O=C(C1CCCN(C2CCN(c3ncccn3)CC2)C1)N1CCOCC1. The maximum absolute atomic E-state index is 12.8. The average Bonchev–Trinajstić information content (AvgIpc) is 2.75. The van der Waals surface area contributed by atoms with Crippen LogP contribution in [0.1, 0.15) is 25.7 Å². The molecule has 3 fully saturated rings. The number of ether oxygens (including phenoxy) is 1. The number of nitrogens with zero attached hydrogens (tertiary/aromatic N) is 5. The van der Waals surface area contributed by atoms with Gasteiger partial charge in [0.25, 0.3) is 0 Å². The summed E-state index contributed by atoms with van der Waals surface area (Å²) in [5.74, 6) is 1.34. The highest BCUT2D eigenvalue weighted by molar-refractivity contribution is 5.79. The largest absolute Gasteiger partial charge is 0.378 e. The van der Waals surface area contributed by atoms with Crippen LogP contribution in [0.5, 0.6) is 0 Å². The lowest BCUT2D eigenvalue weighted by atomic mass is 9.92. The van der Waals surface area contributed by atoms with E-state index in [0.29, 0.717) is 25.2 Å². The number of rotatable bonds is 3. The molecule has 7 nitrogen and oxygen atoms in total. The molecule has 1 aromatic rings. The minimum absolute atomic E-state index is 0.164. The van der Waals surface area contributed by atoms with Crippen LogP contribution in [-0.2, 0) is 9.53 Å². The Hall–Kier alpha value is -1.73. The van der Waals surface area contributed by atoms with Crippen molar-refractivity contribution in [3.8, 4) is 0 Å². The molecule has 1 unspecified atom stereocenters. The first kappa shape index (κ1) is 17.7. The fourth-order valence-electron chi connectivity index (χ4n) is 4.47. The fourth-order valence-corrected chi connectivity index (χ4v) is 4.47. The Morgan fingerprint density at radius 3 is 2.46 bits per heavy atom. The van der Waals surface area contributed by atoms with Crippen LogP contribution in [0, 0.1) is 5.92 Å². The summed E-state index contributed by atoms with van der Waals surface area (Å²) < 4.78 is 5.38. The highest BCUT2D eigenvalue weighted by atomic mass is 16.5. The molecule has 4 heterocycles. The van der Waals surface area contributed by atoms with Crippen LogP contribution >= 0.6 is 0 Å². The van der Waals surface area contributed by atoms with Gasteiger partial charge in [0.05, 0.1) is 19.1 Å². The molecule has 1 aromatic heterocycles. The summed E-state index contributed by atoms with van der Waals surface area (Å²) in [4.78, 5) is 28.4. The van der Waals surface area contributed by atoms with E-state index in [1.54, 1.807) is 12.4 Å². The second kappa shape index (κ2) is 8.31. The molecule has 0 saturated carbocycles. The van der Waals surface area contributed by atoms with Gasteiger partial charge >= 0.3 is 0 Å². The molecule has 0 spiro atoms. The van der Waals surface area contributed by atoms with Crippen molar-refractivity contribution in [1.29, 1.82) is 0 Å². The quantitative estimate of drug-likeness (QED) is 0.803. The zero-order chi connectivity index (χ0) is 17.8. The lowest BCUT2D eigenvalue weighted by molar-refractivity contribution is -0.141. The molecule has 142 valence electrons. The Morgan fingerprint density at radius 1 is 1.00 bits per heavy atom. The third kappa shape index (κ3) is 3.99. The highest BCUT2D eigenvalue weighted by Crippen LogP contribution is 2.26. The zero-order valence-corrected chi connectivity index (χ0v) is 15.4. The van der Waals surface area contributed by atoms with Gasteiger partial charge in [-0.3, -0.25) is 9.69 Å². The summed E-state index contributed by atoms with van der Waals surface area (Å²) in [7, 11) is 0. The number of hydrogen-bond donors (Lipinski definition) is 0. The van der Waals surface area contributed by atoms with Crippen LogP contribution in [0.15, 0.2) is 18.5 Å². The Bertz CT molecular complexity index is 585. The number of carbonyl (C=O) groups is 1. The molecule has 0 bridgehead atoms. The normalized spacial score (nSPS) is 26.1. The number of amides is 1. The predicted octanol–water partition coefficient (Wildman–Crippen LogP) is 1.02. The zero-order valence-electron chi connectivity index (χ0n) is 15.4. The summed E-state index contributed by atoms with van der Waals surface area (Å²) in [6, 6.07) is 2.44. The lowest BCUT2D eigenvalue weighted by Gasteiger charge is -2.43. The number of morpholine rings is 1. The Kier molecular flexibility index (Phi) is 5.65. The number of likely N-dealkylation sites (tertiary alicyclic amines) is 1. The maximum atomic E-state index is 12.8. The van der Waals surface area contributed by atoms with Crippen LogP contribution in [0.25, 0.3) is 0 Å². The molecule has 0 aliphatic carbocycles. The third-order valence-electron chi connectivity index (χ3n) is 5.94. The second-order valence-electron chi connectivity index (χ2n) is 7.54. The van der Waals surface area contributed by atoms with Crippen molar-refractivity contribution in [1.82, 2.24) is 19.8 Å². The van der Waals surface area contributed by atoms with Gasteiger partial charge in [0.15, 0.2) is 0 Å². The standard InChI is InChI=1S/C19H29N5O2/c25-18(22-11-13-26-14-12-22)16-3-1-8-24(15-16)17-4-9-23(10-5-17)19-20-6-2-7-21-19/h2,6-7,16-17H,1,3-5,8-15H2. The molecule has 1 atom stereocenters. The van der Waals surface area contributed by atoms with Crippen molar-refractivity contribution in [3.63, 3.8) is 0 Å². The van der Waals surface area contributed by atoms with Crippen molar-refractivity contribution >= 4 is 11.9 Å². The number of hydrogen-bond acceptors (Lipinski definition) is 6. The molecule has 0 N–H and O–H groups in total. The summed E-state index contributed by atoms with van der Waals surface area (Å²) in [6.45, 7) is 6.91. The topological polar surface area (TPSA) is 61.8 Å². The predicted molar refractivity (Wildman–Crippen MR) is 99.0 cm³/mol. The van der Waals surface area contributed by atoms with E-state index in [1.165, 1.54) is 0 Å². The van der Waals surface area contributed by atoms with Gasteiger partial charge < -0.3 is 14.5 Å². The molecular weight excluding hydrogens is 330 g/mol. The summed E-state index contributed by atoms with van der Waals surface area (Å²) in [6.07, 6.45) is 8.02. The van der Waals surface area contributed by atoms with Crippen molar-refractivity contribution in [2.24, 2.45) is 5.92 Å². The first-order chi connectivity index (χ1) is 12.8. The smallest absolute Gasteiger partial charge is 0.227 e. The molecular formula is C19H29N5O2. The number of carbonyl (C=O) groups excluding carboxylic acids is 1. The third-order valence-corrected chi connectivity index (χ3v) is 5.94. The van der Waals surface area contributed by atoms with Crippen molar-refractivity contribution in [2.75, 3.05) is 57.4 Å². The Morgan fingerprint density at radius 2 is 1.73 bits per heavy atom. The van der Waals surface area contributed by atoms with Gasteiger partial charge in [0.2, 0.25) is 11.9 Å². The maximum Gasteiger partial charge on any atom is 0.227 e. The van der Waals surface area contributed by atoms with E-state index in [1.807, 2.05) is 11.0 Å². The molecule has 4 rings (SSSR count). The minimum atomic E-state index is 0.164. The van der Waals surface area contributed by atoms with Gasteiger partial charge in [0.1, 0.15) is 0 Å². The van der Waals surface area contributed by atoms with E-state index >= 15 is 0 Å². The van der Waals surface area contributed by atoms with E-state index in [0.717, 1.165) is 70.9 Å². The summed E-state index contributed by atoms with van der Waals surface area (Å²) >= 11 is 0. The minimum Gasteiger partial charge on any atom is -0.378 e. The summed E-state index contributed by atoms with van der Waals surface area (Å²) in [5, 5.41) is 0. The van der Waals surface area contributed by atoms with Gasteiger partial charge in [0, 0.05) is 51.2 Å². The molecule has 3 saturated heterocycles. The lowest BCUT2D eigenvalue weighted by Crippen LogP contribution is -2.52. The van der Waals surface area contributed by atoms with E-state index in [2.05, 4.69) is 19.8 Å². The average molecular weight is 359 g/mol. The first-order valence-electron chi connectivity index (χ1n) is 9.94. The second-order valence-corrected chi connectivity index (χ2v) is 7.54. The van der Waals surface area contributed by atoms with E-state index in [4.69, 9.17) is 4.74 Å². The van der Waals surface area contributed by atoms with Gasteiger partial charge in [-0.2, -0.15) is 0 Å². The molecule has 26 heavy (non-hydrogen) atoms. The number of anilines is 1. The van der Waals surface area contributed by atoms with Crippen molar-refractivity contribution in [3.05, 3.63) is 18.5 Å². The van der Waals surface area contributed by atoms with Crippen LogP contribution < -0.4 is 4.90 Å². The van der Waals surface area contributed by atoms with Crippen LogP contribution in [0.4, 0.5) is 5.95 Å². The van der Waals surface area contributed by atoms with Gasteiger partial charge in [-0.1, -0.05) is 0 Å². The van der Waals surface area contributed by atoms with Crippen LogP contribution in [0.3, 0.4) is 0 Å². The molecule has 0 aromatic carbocycles. The van der Waals surface area contributed by atoms with E-state index < -0.39 is 0 Å². The van der Waals surface area contributed by atoms with Crippen molar-refractivity contribution < 1.29 is 9.53 Å². The van der Waals surface area contributed by atoms with Crippen LogP contribution in [0.2, 0.25) is 0 Å².